The summed E-state index contributed by atoms with van der Waals surface area (Å²) in [6, 6.07) is 9.56. The molecule has 1 aromatic carbocycles. The van der Waals surface area contributed by atoms with E-state index in [4.69, 9.17) is 9.47 Å². The predicted octanol–water partition coefficient (Wildman–Crippen LogP) is 4.13. The number of carbonyl (C=O) groups excluding carboxylic acids is 1. The van der Waals surface area contributed by atoms with Crippen molar-refractivity contribution in [3.63, 3.8) is 0 Å². The molecule has 23 heavy (non-hydrogen) atoms. The van der Waals surface area contributed by atoms with E-state index in [1.807, 2.05) is 11.0 Å². The molecule has 1 N–H and O–H groups in total. The molecule has 6 heteroatoms. The molecule has 5 nitrogen and oxygen atoms in total. The molecule has 1 fully saturated rings. The van der Waals surface area contributed by atoms with Gasteiger partial charge in [-0.1, -0.05) is 6.07 Å². The van der Waals surface area contributed by atoms with Crippen LogP contribution in [0.2, 0.25) is 0 Å². The van der Waals surface area contributed by atoms with Gasteiger partial charge in [-0.15, -0.1) is 11.3 Å². The standard InChI is InChI=1S/C17H20N2O3S/c1-21-13-9-12(10-14(11-13)22-2)18-17(20)19-7-3-5-15(19)16-6-4-8-23-16/h4,6,8-11,15H,3,5,7H2,1-2H3,(H,18,20)/t15-/m0/s1. The van der Waals surface area contributed by atoms with E-state index in [0.717, 1.165) is 19.4 Å². The molecule has 1 saturated heterocycles. The lowest BCUT2D eigenvalue weighted by molar-refractivity contribution is 0.208. The summed E-state index contributed by atoms with van der Waals surface area (Å²) in [5.74, 6) is 1.30. The summed E-state index contributed by atoms with van der Waals surface area (Å²) in [5.41, 5.74) is 0.669. The third-order valence-electron chi connectivity index (χ3n) is 3.99. The van der Waals surface area contributed by atoms with E-state index in [9.17, 15) is 4.79 Å². The van der Waals surface area contributed by atoms with Crippen molar-refractivity contribution < 1.29 is 14.3 Å². The number of ether oxygens (including phenoxy) is 2. The van der Waals surface area contributed by atoms with Crippen molar-refractivity contribution in [2.45, 2.75) is 18.9 Å². The Morgan fingerprint density at radius 1 is 1.26 bits per heavy atom. The summed E-state index contributed by atoms with van der Waals surface area (Å²) in [7, 11) is 3.18. The van der Waals surface area contributed by atoms with Crippen molar-refractivity contribution in [2.24, 2.45) is 0 Å². The molecule has 1 atom stereocenters. The number of likely N-dealkylation sites (tertiary alicyclic amines) is 1. The lowest BCUT2D eigenvalue weighted by atomic mass is 10.2. The van der Waals surface area contributed by atoms with Gasteiger partial charge in [0.15, 0.2) is 0 Å². The van der Waals surface area contributed by atoms with Crippen LogP contribution in [0, 0.1) is 0 Å². The Balaban J connectivity index is 1.76. The van der Waals surface area contributed by atoms with Gasteiger partial charge in [-0.05, 0) is 24.3 Å². The summed E-state index contributed by atoms with van der Waals surface area (Å²) in [4.78, 5) is 15.8. The summed E-state index contributed by atoms with van der Waals surface area (Å²) in [6.07, 6.45) is 2.03. The molecular formula is C17H20N2O3S. The average Bonchev–Trinajstić information content (AvgIpc) is 3.24. The van der Waals surface area contributed by atoms with Gasteiger partial charge in [0.2, 0.25) is 0 Å². The molecule has 0 aliphatic carbocycles. The molecule has 3 rings (SSSR count). The van der Waals surface area contributed by atoms with Crippen molar-refractivity contribution >= 4 is 23.1 Å². The molecule has 2 amide bonds. The highest BCUT2D eigenvalue weighted by Crippen LogP contribution is 2.35. The van der Waals surface area contributed by atoms with Gasteiger partial charge in [-0.3, -0.25) is 0 Å². The fraction of sp³-hybridized carbons (Fsp3) is 0.353. The third-order valence-corrected chi connectivity index (χ3v) is 4.96. The molecule has 1 aliphatic heterocycles. The van der Waals surface area contributed by atoms with Crippen LogP contribution in [-0.2, 0) is 0 Å². The first-order valence-electron chi connectivity index (χ1n) is 7.55. The van der Waals surface area contributed by atoms with Gasteiger partial charge < -0.3 is 19.7 Å². The molecule has 1 aliphatic rings. The fourth-order valence-electron chi connectivity index (χ4n) is 2.86. The maximum absolute atomic E-state index is 12.7. The Morgan fingerprint density at radius 2 is 2.00 bits per heavy atom. The van der Waals surface area contributed by atoms with Crippen molar-refractivity contribution in [3.05, 3.63) is 40.6 Å². The molecule has 122 valence electrons. The van der Waals surface area contributed by atoms with E-state index < -0.39 is 0 Å². The van der Waals surface area contributed by atoms with Crippen LogP contribution in [0.1, 0.15) is 23.8 Å². The largest absolute Gasteiger partial charge is 0.497 e. The molecule has 0 spiro atoms. The number of anilines is 1. The van der Waals surface area contributed by atoms with E-state index in [-0.39, 0.29) is 12.1 Å². The second-order valence-electron chi connectivity index (χ2n) is 5.40. The van der Waals surface area contributed by atoms with Crippen LogP contribution in [-0.4, -0.2) is 31.7 Å². The normalized spacial score (nSPS) is 17.1. The summed E-state index contributed by atoms with van der Waals surface area (Å²) < 4.78 is 10.5. The number of carbonyl (C=O) groups is 1. The van der Waals surface area contributed by atoms with Crippen LogP contribution in [0.4, 0.5) is 10.5 Å². The van der Waals surface area contributed by atoms with Crippen molar-refractivity contribution in [1.82, 2.24) is 4.90 Å². The van der Waals surface area contributed by atoms with Crippen LogP contribution in [0.15, 0.2) is 35.7 Å². The van der Waals surface area contributed by atoms with E-state index in [1.165, 1.54) is 4.88 Å². The molecular weight excluding hydrogens is 312 g/mol. The predicted molar refractivity (Wildman–Crippen MR) is 91.6 cm³/mol. The van der Waals surface area contributed by atoms with E-state index in [0.29, 0.717) is 17.2 Å². The molecule has 0 unspecified atom stereocenters. The number of hydrogen-bond acceptors (Lipinski definition) is 4. The highest BCUT2D eigenvalue weighted by Gasteiger charge is 2.30. The number of nitrogens with one attached hydrogen (secondary N) is 1. The van der Waals surface area contributed by atoms with Crippen LogP contribution in [0.3, 0.4) is 0 Å². The minimum Gasteiger partial charge on any atom is -0.497 e. The van der Waals surface area contributed by atoms with Gasteiger partial charge in [0.05, 0.1) is 20.3 Å². The first-order valence-corrected chi connectivity index (χ1v) is 8.43. The van der Waals surface area contributed by atoms with Gasteiger partial charge in [-0.2, -0.15) is 0 Å². The van der Waals surface area contributed by atoms with E-state index in [1.54, 1.807) is 43.8 Å². The third kappa shape index (κ3) is 3.42. The lowest BCUT2D eigenvalue weighted by Gasteiger charge is -2.24. The monoisotopic (exact) mass is 332 g/mol. The number of rotatable bonds is 4. The number of hydrogen-bond donors (Lipinski definition) is 1. The minimum absolute atomic E-state index is 0.0868. The average molecular weight is 332 g/mol. The summed E-state index contributed by atoms with van der Waals surface area (Å²) in [6.45, 7) is 0.773. The Morgan fingerprint density at radius 3 is 2.61 bits per heavy atom. The van der Waals surface area contributed by atoms with E-state index >= 15 is 0 Å². The molecule has 1 aromatic heterocycles. The Bertz CT molecular complexity index is 650. The molecule has 0 bridgehead atoms. The fourth-order valence-corrected chi connectivity index (χ4v) is 3.73. The quantitative estimate of drug-likeness (QED) is 0.916. The van der Waals surface area contributed by atoms with Gasteiger partial charge in [0.1, 0.15) is 11.5 Å². The van der Waals surface area contributed by atoms with Gasteiger partial charge in [0, 0.05) is 35.3 Å². The first-order chi connectivity index (χ1) is 11.2. The zero-order valence-corrected chi connectivity index (χ0v) is 14.1. The Hall–Kier alpha value is -2.21. The van der Waals surface area contributed by atoms with Gasteiger partial charge in [0.25, 0.3) is 0 Å². The Labute approximate surface area is 139 Å². The maximum Gasteiger partial charge on any atom is 0.322 e. The molecule has 2 heterocycles. The summed E-state index contributed by atoms with van der Waals surface area (Å²) >= 11 is 1.70. The minimum atomic E-state index is -0.0868. The highest BCUT2D eigenvalue weighted by molar-refractivity contribution is 7.10. The van der Waals surface area contributed by atoms with Crippen LogP contribution < -0.4 is 14.8 Å². The number of urea groups is 1. The van der Waals surface area contributed by atoms with Gasteiger partial charge in [-0.25, -0.2) is 4.79 Å². The van der Waals surface area contributed by atoms with E-state index in [2.05, 4.69) is 16.8 Å². The highest BCUT2D eigenvalue weighted by atomic mass is 32.1. The lowest BCUT2D eigenvalue weighted by Crippen LogP contribution is -2.34. The zero-order valence-electron chi connectivity index (χ0n) is 13.2. The number of methoxy groups -OCH3 is 2. The maximum atomic E-state index is 12.7. The van der Waals surface area contributed by atoms with Crippen LogP contribution in [0.25, 0.3) is 0 Å². The second-order valence-corrected chi connectivity index (χ2v) is 6.38. The zero-order chi connectivity index (χ0) is 16.2. The molecule has 0 saturated carbocycles. The Kier molecular flexibility index (Phi) is 4.71. The number of thiophene rings is 1. The van der Waals surface area contributed by atoms with Crippen molar-refractivity contribution in [3.8, 4) is 11.5 Å². The topological polar surface area (TPSA) is 50.8 Å². The number of benzene rings is 1. The SMILES string of the molecule is COc1cc(NC(=O)N2CCC[C@H]2c2cccs2)cc(OC)c1. The first kappa shape index (κ1) is 15.7. The van der Waals surface area contributed by atoms with Crippen LogP contribution in [0.5, 0.6) is 11.5 Å². The number of nitrogens with zero attached hydrogens (tertiary/aromatic N) is 1. The second kappa shape index (κ2) is 6.91. The van der Waals surface area contributed by atoms with Gasteiger partial charge >= 0.3 is 6.03 Å². The van der Waals surface area contributed by atoms with Crippen LogP contribution >= 0.6 is 11.3 Å². The molecule has 2 aromatic rings. The van der Waals surface area contributed by atoms with Crippen molar-refractivity contribution in [2.75, 3.05) is 26.1 Å². The smallest absolute Gasteiger partial charge is 0.322 e. The summed E-state index contributed by atoms with van der Waals surface area (Å²) in [5, 5.41) is 5.01. The molecule has 0 radical (unpaired) electrons. The van der Waals surface area contributed by atoms with Crippen molar-refractivity contribution in [1.29, 1.82) is 0 Å². The number of amides is 2.